The molecule has 1 aromatic rings. The van der Waals surface area contributed by atoms with Crippen LogP contribution in [0, 0.1) is 17.8 Å². The standard InChI is InChI=1S/C14H18N2OS/c15-7-2-5-13-9-12(10-18-13)14(17)16-8-6-11-3-1-4-11/h9-11H,1,3-4,6-8,15H2,(H,16,17). The van der Waals surface area contributed by atoms with Gasteiger partial charge in [-0.1, -0.05) is 31.1 Å². The number of carbonyl (C=O) groups is 1. The van der Waals surface area contributed by atoms with Crippen LogP contribution in [0.4, 0.5) is 0 Å². The van der Waals surface area contributed by atoms with Gasteiger partial charge in [0.05, 0.1) is 17.0 Å². The number of amides is 1. The number of carbonyl (C=O) groups excluding carboxylic acids is 1. The van der Waals surface area contributed by atoms with Gasteiger partial charge in [0.25, 0.3) is 5.91 Å². The lowest BCUT2D eigenvalue weighted by Crippen LogP contribution is -2.27. The first-order valence-electron chi connectivity index (χ1n) is 6.35. The summed E-state index contributed by atoms with van der Waals surface area (Å²) in [5.74, 6) is 6.56. The summed E-state index contributed by atoms with van der Waals surface area (Å²) < 4.78 is 0. The molecule has 1 fully saturated rings. The van der Waals surface area contributed by atoms with Crippen molar-refractivity contribution in [3.05, 3.63) is 21.9 Å². The molecule has 0 atom stereocenters. The van der Waals surface area contributed by atoms with Gasteiger partial charge in [0.2, 0.25) is 0 Å². The van der Waals surface area contributed by atoms with Crippen LogP contribution in [0.5, 0.6) is 0 Å². The van der Waals surface area contributed by atoms with Gasteiger partial charge in [-0.25, -0.2) is 0 Å². The molecule has 1 aliphatic rings. The van der Waals surface area contributed by atoms with Crippen molar-refractivity contribution in [1.82, 2.24) is 5.32 Å². The van der Waals surface area contributed by atoms with E-state index in [-0.39, 0.29) is 5.91 Å². The molecule has 3 nitrogen and oxygen atoms in total. The number of hydrogen-bond acceptors (Lipinski definition) is 3. The van der Waals surface area contributed by atoms with Crippen molar-refractivity contribution in [2.75, 3.05) is 13.1 Å². The fraction of sp³-hybridized carbons (Fsp3) is 0.500. The molecule has 0 radical (unpaired) electrons. The molecule has 0 saturated heterocycles. The van der Waals surface area contributed by atoms with Gasteiger partial charge >= 0.3 is 0 Å². The lowest BCUT2D eigenvalue weighted by molar-refractivity contribution is 0.0949. The van der Waals surface area contributed by atoms with Crippen LogP contribution >= 0.6 is 11.3 Å². The van der Waals surface area contributed by atoms with Gasteiger partial charge in [0.15, 0.2) is 0 Å². The van der Waals surface area contributed by atoms with Crippen molar-refractivity contribution in [1.29, 1.82) is 0 Å². The molecule has 0 bridgehead atoms. The number of nitrogens with one attached hydrogen (secondary N) is 1. The van der Waals surface area contributed by atoms with Gasteiger partial charge in [-0.2, -0.15) is 0 Å². The van der Waals surface area contributed by atoms with Gasteiger partial charge in [0.1, 0.15) is 0 Å². The van der Waals surface area contributed by atoms with Crippen LogP contribution in [0.3, 0.4) is 0 Å². The van der Waals surface area contributed by atoms with E-state index in [1.807, 2.05) is 11.4 Å². The molecule has 2 rings (SSSR count). The number of thiophene rings is 1. The Kier molecular flexibility index (Phi) is 4.80. The molecule has 0 unspecified atom stereocenters. The van der Waals surface area contributed by atoms with Crippen molar-refractivity contribution in [3.8, 4) is 11.8 Å². The Morgan fingerprint density at radius 2 is 2.39 bits per heavy atom. The zero-order valence-corrected chi connectivity index (χ0v) is 11.2. The average molecular weight is 262 g/mol. The van der Waals surface area contributed by atoms with Gasteiger partial charge in [-0.15, -0.1) is 11.3 Å². The minimum atomic E-state index is 0.00590. The summed E-state index contributed by atoms with van der Waals surface area (Å²) in [6.45, 7) is 1.13. The Hall–Kier alpha value is -1.31. The first kappa shape index (κ1) is 13.1. The Morgan fingerprint density at radius 1 is 1.56 bits per heavy atom. The third-order valence-electron chi connectivity index (χ3n) is 3.24. The second-order valence-electron chi connectivity index (χ2n) is 4.55. The summed E-state index contributed by atoms with van der Waals surface area (Å²) in [6, 6.07) is 1.83. The van der Waals surface area contributed by atoms with Crippen LogP contribution in [-0.4, -0.2) is 19.0 Å². The Balaban J connectivity index is 1.78. The number of hydrogen-bond donors (Lipinski definition) is 2. The maximum Gasteiger partial charge on any atom is 0.252 e. The molecule has 1 aliphatic carbocycles. The molecule has 1 amide bonds. The zero-order valence-electron chi connectivity index (χ0n) is 10.4. The highest BCUT2D eigenvalue weighted by Gasteiger charge is 2.17. The monoisotopic (exact) mass is 262 g/mol. The molecule has 96 valence electrons. The van der Waals surface area contributed by atoms with Gasteiger partial charge < -0.3 is 11.1 Å². The van der Waals surface area contributed by atoms with Crippen LogP contribution in [0.15, 0.2) is 11.4 Å². The van der Waals surface area contributed by atoms with Crippen LogP contribution in [0.1, 0.15) is 40.9 Å². The summed E-state index contributed by atoms with van der Waals surface area (Å²) in [5.41, 5.74) is 6.01. The fourth-order valence-electron chi connectivity index (χ4n) is 1.93. The van der Waals surface area contributed by atoms with Gasteiger partial charge in [-0.3, -0.25) is 4.79 Å². The first-order valence-corrected chi connectivity index (χ1v) is 7.23. The van der Waals surface area contributed by atoms with E-state index in [0.29, 0.717) is 12.1 Å². The summed E-state index contributed by atoms with van der Waals surface area (Å²) in [7, 11) is 0. The highest BCUT2D eigenvalue weighted by Crippen LogP contribution is 2.28. The third kappa shape index (κ3) is 3.59. The molecule has 3 N–H and O–H groups in total. The van der Waals surface area contributed by atoms with Crippen molar-refractivity contribution in [2.24, 2.45) is 11.7 Å². The van der Waals surface area contributed by atoms with E-state index in [1.165, 1.54) is 30.6 Å². The molecule has 1 heterocycles. The predicted octanol–water partition coefficient (Wildman–Crippen LogP) is 1.98. The van der Waals surface area contributed by atoms with E-state index >= 15 is 0 Å². The Bertz CT molecular complexity index is 466. The highest BCUT2D eigenvalue weighted by atomic mass is 32.1. The summed E-state index contributed by atoms with van der Waals surface area (Å²) in [4.78, 5) is 12.7. The maximum absolute atomic E-state index is 11.8. The minimum Gasteiger partial charge on any atom is -0.352 e. The van der Waals surface area contributed by atoms with E-state index in [1.54, 1.807) is 0 Å². The molecule has 1 saturated carbocycles. The number of nitrogens with two attached hydrogens (primary N) is 1. The lowest BCUT2D eigenvalue weighted by Gasteiger charge is -2.25. The molecule has 4 heteroatoms. The van der Waals surface area contributed by atoms with Crippen LogP contribution in [0.25, 0.3) is 0 Å². The predicted molar refractivity (Wildman–Crippen MR) is 74.5 cm³/mol. The van der Waals surface area contributed by atoms with Gasteiger partial charge in [-0.05, 0) is 18.4 Å². The zero-order chi connectivity index (χ0) is 12.8. The minimum absolute atomic E-state index is 0.00590. The van der Waals surface area contributed by atoms with E-state index in [2.05, 4.69) is 17.2 Å². The van der Waals surface area contributed by atoms with Crippen LogP contribution in [-0.2, 0) is 0 Å². The average Bonchev–Trinajstić information content (AvgIpc) is 2.78. The molecule has 1 aromatic heterocycles. The molecule has 0 spiro atoms. The van der Waals surface area contributed by atoms with Crippen molar-refractivity contribution >= 4 is 17.2 Å². The van der Waals surface area contributed by atoms with E-state index in [0.717, 1.165) is 23.8 Å². The van der Waals surface area contributed by atoms with E-state index in [9.17, 15) is 4.79 Å². The quantitative estimate of drug-likeness (QED) is 0.815. The topological polar surface area (TPSA) is 55.1 Å². The summed E-state index contributed by atoms with van der Waals surface area (Å²) in [5, 5.41) is 4.81. The van der Waals surface area contributed by atoms with Crippen LogP contribution < -0.4 is 11.1 Å². The van der Waals surface area contributed by atoms with Crippen molar-refractivity contribution in [3.63, 3.8) is 0 Å². The second-order valence-corrected chi connectivity index (χ2v) is 5.46. The molecular weight excluding hydrogens is 244 g/mol. The molecule has 0 aliphatic heterocycles. The largest absolute Gasteiger partial charge is 0.352 e. The van der Waals surface area contributed by atoms with Crippen molar-refractivity contribution in [2.45, 2.75) is 25.7 Å². The molecule has 0 aromatic carbocycles. The summed E-state index contributed by atoms with van der Waals surface area (Å²) in [6.07, 6.45) is 5.11. The smallest absolute Gasteiger partial charge is 0.252 e. The Labute approximate surface area is 112 Å². The third-order valence-corrected chi connectivity index (χ3v) is 4.08. The summed E-state index contributed by atoms with van der Waals surface area (Å²) >= 11 is 1.48. The maximum atomic E-state index is 11.8. The Morgan fingerprint density at radius 3 is 3.06 bits per heavy atom. The van der Waals surface area contributed by atoms with E-state index in [4.69, 9.17) is 5.73 Å². The SMILES string of the molecule is NCC#Cc1cc(C(=O)NCCC2CCC2)cs1. The molecular formula is C14H18N2OS. The molecule has 18 heavy (non-hydrogen) atoms. The normalized spacial score (nSPS) is 14.5. The number of rotatable bonds is 4. The first-order chi connectivity index (χ1) is 8.79. The lowest BCUT2D eigenvalue weighted by atomic mass is 9.83. The van der Waals surface area contributed by atoms with Crippen molar-refractivity contribution < 1.29 is 4.79 Å². The van der Waals surface area contributed by atoms with Gasteiger partial charge in [0, 0.05) is 11.9 Å². The second kappa shape index (κ2) is 6.58. The fourth-order valence-corrected chi connectivity index (χ4v) is 2.69. The highest BCUT2D eigenvalue weighted by molar-refractivity contribution is 7.10. The van der Waals surface area contributed by atoms with Crippen LogP contribution in [0.2, 0.25) is 0 Å². The van der Waals surface area contributed by atoms with E-state index < -0.39 is 0 Å².